The molecule has 0 saturated carbocycles. The van der Waals surface area contributed by atoms with E-state index in [1.54, 1.807) is 34.5 Å². The first-order chi connectivity index (χ1) is 10.7. The number of aromatic amines is 1. The Kier molecular flexibility index (Phi) is 2.87. The molecular formula is C15H13N5OS. The van der Waals surface area contributed by atoms with E-state index in [-0.39, 0.29) is 5.75 Å². The largest absolute Gasteiger partial charge is 0.506 e. The number of benzene rings is 1. The van der Waals surface area contributed by atoms with Gasteiger partial charge in [0.15, 0.2) is 0 Å². The summed E-state index contributed by atoms with van der Waals surface area (Å²) < 4.78 is 2.78. The molecule has 3 N–H and O–H groups in total. The van der Waals surface area contributed by atoms with Crippen LogP contribution in [0.3, 0.4) is 0 Å². The van der Waals surface area contributed by atoms with Gasteiger partial charge in [-0.15, -0.1) is 11.3 Å². The second kappa shape index (κ2) is 4.88. The molecule has 4 aromatic rings. The predicted octanol–water partition coefficient (Wildman–Crippen LogP) is 3.22. The van der Waals surface area contributed by atoms with Gasteiger partial charge in [0.05, 0.1) is 15.9 Å². The highest BCUT2D eigenvalue weighted by molar-refractivity contribution is 7.22. The molecule has 0 amide bonds. The number of fused-ring (bicyclic) bond motifs is 1. The topological polar surface area (TPSA) is 78.8 Å². The third kappa shape index (κ3) is 2.03. The molecule has 0 atom stereocenters. The number of phenols is 1. The lowest BCUT2D eigenvalue weighted by Gasteiger charge is -2.06. The fourth-order valence-electron chi connectivity index (χ4n) is 2.37. The molecule has 0 saturated heterocycles. The molecule has 7 heteroatoms. The number of rotatable bonds is 3. The van der Waals surface area contributed by atoms with E-state index in [0.717, 1.165) is 26.3 Å². The average molecular weight is 311 g/mol. The van der Waals surface area contributed by atoms with Crippen molar-refractivity contribution in [3.8, 4) is 22.6 Å². The van der Waals surface area contributed by atoms with Crippen LogP contribution in [0.5, 0.6) is 5.75 Å². The predicted molar refractivity (Wildman–Crippen MR) is 87.7 cm³/mol. The molecule has 110 valence electrons. The normalized spacial score (nSPS) is 11.1. The maximum absolute atomic E-state index is 10.3. The Hall–Kier alpha value is -2.80. The van der Waals surface area contributed by atoms with E-state index in [1.807, 2.05) is 31.4 Å². The lowest BCUT2D eigenvalue weighted by atomic mass is 10.1. The van der Waals surface area contributed by atoms with Gasteiger partial charge in [-0.1, -0.05) is 6.07 Å². The first-order valence-electron chi connectivity index (χ1n) is 6.74. The summed E-state index contributed by atoms with van der Waals surface area (Å²) in [5.74, 6) is 0.183. The number of hydrogen-bond acceptors (Lipinski definition) is 5. The van der Waals surface area contributed by atoms with Crippen molar-refractivity contribution in [1.29, 1.82) is 0 Å². The first kappa shape index (κ1) is 12.9. The fraction of sp³-hybridized carbons (Fsp3) is 0.0667. The molecule has 1 aromatic carbocycles. The molecule has 0 aliphatic rings. The van der Waals surface area contributed by atoms with E-state index in [2.05, 4.69) is 20.6 Å². The van der Waals surface area contributed by atoms with E-state index >= 15 is 0 Å². The molecule has 6 nitrogen and oxygen atoms in total. The van der Waals surface area contributed by atoms with Crippen molar-refractivity contribution in [2.75, 3.05) is 12.4 Å². The third-order valence-corrected chi connectivity index (χ3v) is 4.57. The summed E-state index contributed by atoms with van der Waals surface area (Å²) in [6.07, 6.45) is 5.43. The van der Waals surface area contributed by atoms with Crippen LogP contribution in [0.25, 0.3) is 27.0 Å². The van der Waals surface area contributed by atoms with E-state index in [9.17, 15) is 5.11 Å². The van der Waals surface area contributed by atoms with E-state index in [0.29, 0.717) is 5.69 Å². The molecule has 0 fully saturated rings. The summed E-state index contributed by atoms with van der Waals surface area (Å²) >= 11 is 1.63. The minimum absolute atomic E-state index is 0.183. The summed E-state index contributed by atoms with van der Waals surface area (Å²) in [6.45, 7) is 0. The lowest BCUT2D eigenvalue weighted by Crippen LogP contribution is -1.95. The van der Waals surface area contributed by atoms with Crippen LogP contribution in [0, 0.1) is 0 Å². The zero-order valence-corrected chi connectivity index (χ0v) is 12.6. The molecular weight excluding hydrogens is 298 g/mol. The Morgan fingerprint density at radius 3 is 2.86 bits per heavy atom. The minimum Gasteiger partial charge on any atom is -0.506 e. The van der Waals surface area contributed by atoms with Gasteiger partial charge in [0.25, 0.3) is 0 Å². The number of anilines is 1. The van der Waals surface area contributed by atoms with Crippen molar-refractivity contribution in [2.45, 2.75) is 0 Å². The molecule has 0 radical (unpaired) electrons. The quantitative estimate of drug-likeness (QED) is 0.543. The monoisotopic (exact) mass is 311 g/mol. The van der Waals surface area contributed by atoms with Gasteiger partial charge in [-0.2, -0.15) is 10.2 Å². The second-order valence-electron chi connectivity index (χ2n) is 4.87. The second-order valence-corrected chi connectivity index (χ2v) is 5.96. The highest BCUT2D eigenvalue weighted by Gasteiger charge is 2.11. The highest BCUT2D eigenvalue weighted by Crippen LogP contribution is 2.32. The van der Waals surface area contributed by atoms with Gasteiger partial charge in [-0.3, -0.25) is 5.10 Å². The third-order valence-electron chi connectivity index (χ3n) is 3.50. The smallest absolute Gasteiger partial charge is 0.141 e. The van der Waals surface area contributed by atoms with Gasteiger partial charge in [0.2, 0.25) is 0 Å². The Labute approximate surface area is 130 Å². The molecule has 3 heterocycles. The maximum Gasteiger partial charge on any atom is 0.141 e. The SMILES string of the molecule is CNc1cc2nn(-c3ccc(-c4cn[nH]c4)cc3O)cc2s1. The van der Waals surface area contributed by atoms with Crippen LogP contribution in [0.15, 0.2) is 42.9 Å². The van der Waals surface area contributed by atoms with Crippen LogP contribution in [0.2, 0.25) is 0 Å². The number of phenolic OH excluding ortho intramolecular Hbond substituents is 1. The summed E-state index contributed by atoms with van der Waals surface area (Å²) in [5, 5.41) is 25.7. The molecule has 3 aromatic heterocycles. The van der Waals surface area contributed by atoms with Crippen LogP contribution < -0.4 is 5.32 Å². The van der Waals surface area contributed by atoms with Gasteiger partial charge >= 0.3 is 0 Å². The van der Waals surface area contributed by atoms with E-state index < -0.39 is 0 Å². The summed E-state index contributed by atoms with van der Waals surface area (Å²) in [4.78, 5) is 0. The Morgan fingerprint density at radius 2 is 2.18 bits per heavy atom. The van der Waals surface area contributed by atoms with Gasteiger partial charge in [-0.05, 0) is 17.7 Å². The van der Waals surface area contributed by atoms with Crippen molar-refractivity contribution < 1.29 is 5.11 Å². The number of H-pyrrole nitrogens is 1. The van der Waals surface area contributed by atoms with Crippen LogP contribution >= 0.6 is 11.3 Å². The van der Waals surface area contributed by atoms with Crippen LogP contribution in [0.1, 0.15) is 0 Å². The van der Waals surface area contributed by atoms with Gasteiger partial charge in [-0.25, -0.2) is 4.68 Å². The lowest BCUT2D eigenvalue weighted by molar-refractivity contribution is 0.471. The number of nitrogens with zero attached hydrogens (tertiary/aromatic N) is 3. The standard InChI is InChI=1S/C15H13N5OS/c1-16-15-5-11-14(22-15)8-20(19-11)12-3-2-9(4-13(12)21)10-6-17-18-7-10/h2-8,16,21H,1H3,(H,17,18). The highest BCUT2D eigenvalue weighted by atomic mass is 32.1. The van der Waals surface area contributed by atoms with Gasteiger partial charge in [0.1, 0.15) is 17.0 Å². The molecule has 4 rings (SSSR count). The fourth-order valence-corrected chi connectivity index (χ4v) is 3.24. The first-order valence-corrected chi connectivity index (χ1v) is 7.56. The number of hydrogen-bond donors (Lipinski definition) is 3. The van der Waals surface area contributed by atoms with Gasteiger partial charge in [0, 0.05) is 31.1 Å². The molecule has 22 heavy (non-hydrogen) atoms. The zero-order valence-electron chi connectivity index (χ0n) is 11.7. The van der Waals surface area contributed by atoms with Crippen LogP contribution in [-0.4, -0.2) is 32.1 Å². The number of nitrogens with one attached hydrogen (secondary N) is 2. The van der Waals surface area contributed by atoms with Crippen molar-refractivity contribution in [3.63, 3.8) is 0 Å². The van der Waals surface area contributed by atoms with Crippen molar-refractivity contribution >= 4 is 26.6 Å². The van der Waals surface area contributed by atoms with Crippen molar-refractivity contribution in [3.05, 3.63) is 42.9 Å². The Balaban J connectivity index is 1.75. The molecule has 0 aliphatic carbocycles. The van der Waals surface area contributed by atoms with Crippen LogP contribution in [0.4, 0.5) is 5.00 Å². The molecule has 0 unspecified atom stereocenters. The zero-order chi connectivity index (χ0) is 15.1. The van der Waals surface area contributed by atoms with Crippen molar-refractivity contribution in [2.24, 2.45) is 0 Å². The van der Waals surface area contributed by atoms with Crippen LogP contribution in [-0.2, 0) is 0 Å². The van der Waals surface area contributed by atoms with Crippen molar-refractivity contribution in [1.82, 2.24) is 20.0 Å². The number of aromatic hydroxyl groups is 1. The van der Waals surface area contributed by atoms with E-state index in [4.69, 9.17) is 0 Å². The summed E-state index contributed by atoms with van der Waals surface area (Å²) in [5.41, 5.74) is 3.40. The summed E-state index contributed by atoms with van der Waals surface area (Å²) in [7, 11) is 1.89. The van der Waals surface area contributed by atoms with Gasteiger partial charge < -0.3 is 10.4 Å². The molecule has 0 spiro atoms. The number of thiophene rings is 1. The average Bonchev–Trinajstić information content (AvgIpc) is 3.22. The molecule has 0 aliphatic heterocycles. The van der Waals surface area contributed by atoms with E-state index in [1.165, 1.54) is 0 Å². The Bertz CT molecular complexity index is 907. The maximum atomic E-state index is 10.3. The minimum atomic E-state index is 0.183. The Morgan fingerprint density at radius 1 is 1.27 bits per heavy atom. The number of aromatic nitrogens is 4. The summed E-state index contributed by atoms with van der Waals surface area (Å²) in [6, 6.07) is 7.50. The molecule has 0 bridgehead atoms.